The van der Waals surface area contributed by atoms with E-state index in [9.17, 15) is 4.79 Å². The number of H-pyrrole nitrogens is 1. The molecule has 0 amide bonds. The van der Waals surface area contributed by atoms with Crippen LogP contribution >= 0.6 is 23.2 Å². The fourth-order valence-electron chi connectivity index (χ4n) is 3.15. The van der Waals surface area contributed by atoms with Crippen molar-refractivity contribution < 1.29 is 14.0 Å². The van der Waals surface area contributed by atoms with Gasteiger partial charge in [-0.05, 0) is 23.8 Å². The Morgan fingerprint density at radius 1 is 1.21 bits per heavy atom. The second-order valence-corrected chi connectivity index (χ2v) is 7.38. The van der Waals surface area contributed by atoms with Crippen molar-refractivity contribution in [2.75, 3.05) is 26.3 Å². The summed E-state index contributed by atoms with van der Waals surface area (Å²) < 4.78 is 16.4. The number of rotatable bonds is 5. The molecule has 1 aliphatic rings. The van der Waals surface area contributed by atoms with Crippen molar-refractivity contribution >= 4 is 23.2 Å². The van der Waals surface area contributed by atoms with Crippen LogP contribution in [0.5, 0.6) is 5.88 Å². The third-order valence-electron chi connectivity index (χ3n) is 4.58. The van der Waals surface area contributed by atoms with Gasteiger partial charge in [-0.15, -0.1) is 0 Å². The van der Waals surface area contributed by atoms with Gasteiger partial charge < -0.3 is 14.8 Å². The lowest BCUT2D eigenvalue weighted by Gasteiger charge is -2.25. The maximum Gasteiger partial charge on any atom is 0.439 e. The molecule has 2 atom stereocenters. The van der Waals surface area contributed by atoms with E-state index in [-0.39, 0.29) is 12.0 Å². The van der Waals surface area contributed by atoms with Crippen molar-refractivity contribution in [3.05, 3.63) is 62.7 Å². The lowest BCUT2D eigenvalue weighted by Crippen LogP contribution is -2.29. The van der Waals surface area contributed by atoms with Crippen LogP contribution in [0, 0.1) is 5.92 Å². The SMILES string of the molecule is O=c1[nH]c(-c2ccc(OCC3CNCCOC3c3ccc(Cl)c(Cl)c3)nc2)no1. The Morgan fingerprint density at radius 2 is 2.10 bits per heavy atom. The third kappa shape index (κ3) is 4.79. The Morgan fingerprint density at radius 3 is 2.83 bits per heavy atom. The fourth-order valence-corrected chi connectivity index (χ4v) is 3.45. The number of hydrogen-bond donors (Lipinski definition) is 2. The normalized spacial score (nSPS) is 19.7. The Hall–Kier alpha value is -2.39. The van der Waals surface area contributed by atoms with Crippen molar-refractivity contribution in [2.45, 2.75) is 6.10 Å². The largest absolute Gasteiger partial charge is 0.477 e. The number of halogens is 2. The van der Waals surface area contributed by atoms with Crippen LogP contribution in [0.1, 0.15) is 11.7 Å². The average Bonchev–Trinajstić information content (AvgIpc) is 3.02. The van der Waals surface area contributed by atoms with Crippen LogP contribution in [0.3, 0.4) is 0 Å². The number of aromatic nitrogens is 3. The highest BCUT2D eigenvalue weighted by Crippen LogP contribution is 2.32. The molecule has 152 valence electrons. The lowest BCUT2D eigenvalue weighted by molar-refractivity contribution is 0.0147. The van der Waals surface area contributed by atoms with E-state index in [1.54, 1.807) is 24.4 Å². The summed E-state index contributed by atoms with van der Waals surface area (Å²) in [6, 6.07) is 8.98. The fraction of sp³-hybridized carbons (Fsp3) is 0.316. The van der Waals surface area contributed by atoms with E-state index in [1.165, 1.54) is 0 Å². The van der Waals surface area contributed by atoms with Crippen molar-refractivity contribution in [3.8, 4) is 17.3 Å². The number of aromatic amines is 1. The molecular weight excluding hydrogens is 419 g/mol. The second kappa shape index (κ2) is 8.96. The van der Waals surface area contributed by atoms with Crippen molar-refractivity contribution in [3.63, 3.8) is 0 Å². The van der Waals surface area contributed by atoms with E-state index >= 15 is 0 Å². The Kier molecular flexibility index (Phi) is 6.15. The van der Waals surface area contributed by atoms with Crippen LogP contribution in [0.2, 0.25) is 10.0 Å². The maximum absolute atomic E-state index is 11.1. The first-order valence-corrected chi connectivity index (χ1v) is 9.78. The zero-order chi connectivity index (χ0) is 20.2. The van der Waals surface area contributed by atoms with Crippen LogP contribution in [0.25, 0.3) is 11.4 Å². The predicted molar refractivity (Wildman–Crippen MR) is 107 cm³/mol. The topological polar surface area (TPSA) is 102 Å². The Balaban J connectivity index is 1.46. The van der Waals surface area contributed by atoms with E-state index in [0.717, 1.165) is 18.7 Å². The molecule has 0 spiro atoms. The first-order valence-electron chi connectivity index (χ1n) is 9.02. The second-order valence-electron chi connectivity index (χ2n) is 6.57. The van der Waals surface area contributed by atoms with E-state index < -0.39 is 5.76 Å². The minimum absolute atomic E-state index is 0.0445. The first-order chi connectivity index (χ1) is 14.1. The zero-order valence-electron chi connectivity index (χ0n) is 15.2. The summed E-state index contributed by atoms with van der Waals surface area (Å²) in [6.07, 6.45) is 1.38. The lowest BCUT2D eigenvalue weighted by atomic mass is 9.96. The molecule has 2 N–H and O–H groups in total. The van der Waals surface area contributed by atoms with Gasteiger partial charge in [-0.3, -0.25) is 9.51 Å². The highest BCUT2D eigenvalue weighted by atomic mass is 35.5. The summed E-state index contributed by atoms with van der Waals surface area (Å²) in [5.74, 6) is 0.199. The van der Waals surface area contributed by atoms with Crippen LogP contribution in [0.4, 0.5) is 0 Å². The standard InChI is InChI=1S/C19H18Cl2N4O4/c20-14-3-1-11(7-15(14)21)17-13(8-22-5-6-27-17)10-28-16-4-2-12(9-23-16)18-24-19(26)29-25-18/h1-4,7,9,13,17,22H,5-6,8,10H2,(H,24,25,26). The van der Waals surface area contributed by atoms with Crippen molar-refractivity contribution in [2.24, 2.45) is 5.92 Å². The van der Waals surface area contributed by atoms with Gasteiger partial charge in [0.05, 0.1) is 29.4 Å². The summed E-state index contributed by atoms with van der Waals surface area (Å²) in [6.45, 7) is 2.47. The quantitative estimate of drug-likeness (QED) is 0.633. The van der Waals surface area contributed by atoms with Crippen molar-refractivity contribution in [1.82, 2.24) is 20.4 Å². The molecule has 10 heteroatoms. The molecule has 1 aromatic carbocycles. The summed E-state index contributed by atoms with van der Waals surface area (Å²) >= 11 is 12.2. The first kappa shape index (κ1) is 19.9. The summed E-state index contributed by atoms with van der Waals surface area (Å²) in [7, 11) is 0. The maximum atomic E-state index is 11.1. The highest BCUT2D eigenvalue weighted by molar-refractivity contribution is 6.42. The molecule has 1 aliphatic heterocycles. The Bertz CT molecular complexity index is 1020. The number of ether oxygens (including phenoxy) is 2. The van der Waals surface area contributed by atoms with Gasteiger partial charge in [0.15, 0.2) is 5.82 Å². The van der Waals surface area contributed by atoms with Gasteiger partial charge in [0.2, 0.25) is 5.88 Å². The molecule has 2 unspecified atom stereocenters. The minimum atomic E-state index is -0.616. The highest BCUT2D eigenvalue weighted by Gasteiger charge is 2.27. The molecule has 8 nitrogen and oxygen atoms in total. The smallest absolute Gasteiger partial charge is 0.439 e. The minimum Gasteiger partial charge on any atom is -0.477 e. The van der Waals surface area contributed by atoms with Gasteiger partial charge >= 0.3 is 5.76 Å². The molecular formula is C19H18Cl2N4O4. The molecule has 0 bridgehead atoms. The molecule has 1 fully saturated rings. The number of nitrogens with zero attached hydrogens (tertiary/aromatic N) is 2. The van der Waals surface area contributed by atoms with Gasteiger partial charge in [0, 0.05) is 36.8 Å². The van der Waals surface area contributed by atoms with Crippen LogP contribution in [0.15, 0.2) is 45.8 Å². The van der Waals surface area contributed by atoms with E-state index in [4.69, 9.17) is 32.7 Å². The molecule has 1 saturated heterocycles. The molecule has 3 aromatic rings. The average molecular weight is 437 g/mol. The van der Waals surface area contributed by atoms with Gasteiger partial charge in [-0.25, -0.2) is 9.78 Å². The summed E-state index contributed by atoms with van der Waals surface area (Å²) in [5, 5.41) is 7.99. The van der Waals surface area contributed by atoms with Crippen LogP contribution in [-0.4, -0.2) is 41.4 Å². The number of hydrogen-bond acceptors (Lipinski definition) is 7. The number of benzene rings is 1. The van der Waals surface area contributed by atoms with Gasteiger partial charge in [-0.1, -0.05) is 34.4 Å². The predicted octanol–water partition coefficient (Wildman–Crippen LogP) is 3.09. The number of nitrogens with one attached hydrogen (secondary N) is 2. The number of pyridine rings is 1. The van der Waals surface area contributed by atoms with E-state index in [1.807, 2.05) is 12.1 Å². The summed E-state index contributed by atoms with van der Waals surface area (Å²) in [5.41, 5.74) is 1.58. The molecule has 4 rings (SSSR count). The van der Waals surface area contributed by atoms with Gasteiger partial charge in [-0.2, -0.15) is 0 Å². The monoisotopic (exact) mass is 436 g/mol. The van der Waals surface area contributed by atoms with Gasteiger partial charge in [0.25, 0.3) is 0 Å². The molecule has 0 aliphatic carbocycles. The van der Waals surface area contributed by atoms with Crippen LogP contribution < -0.4 is 15.8 Å². The Labute approximate surface area is 176 Å². The molecule has 3 heterocycles. The third-order valence-corrected chi connectivity index (χ3v) is 5.32. The van der Waals surface area contributed by atoms with Crippen molar-refractivity contribution in [1.29, 1.82) is 0 Å². The molecule has 0 radical (unpaired) electrons. The summed E-state index contributed by atoms with van der Waals surface area (Å²) in [4.78, 5) is 17.8. The van der Waals surface area contributed by atoms with Gasteiger partial charge in [0.1, 0.15) is 0 Å². The molecule has 29 heavy (non-hydrogen) atoms. The van der Waals surface area contributed by atoms with E-state index in [0.29, 0.717) is 40.5 Å². The molecule has 2 aromatic heterocycles. The molecule has 0 saturated carbocycles. The van der Waals surface area contributed by atoms with Crippen LogP contribution in [-0.2, 0) is 4.74 Å². The van der Waals surface area contributed by atoms with E-state index in [2.05, 4.69) is 25.0 Å². The zero-order valence-corrected chi connectivity index (χ0v) is 16.7.